The molecular formula is C27H29N3O4. The smallest absolute Gasteiger partial charge is 0.262 e. The Morgan fingerprint density at radius 2 is 1.56 bits per heavy atom. The lowest BCUT2D eigenvalue weighted by molar-refractivity contribution is -0.118. The summed E-state index contributed by atoms with van der Waals surface area (Å²) in [6, 6.07) is 22.6. The first-order chi connectivity index (χ1) is 16.5. The molecule has 176 valence electrons. The van der Waals surface area contributed by atoms with E-state index in [1.54, 1.807) is 31.4 Å². The molecule has 3 aromatic carbocycles. The molecule has 0 radical (unpaired) electrons. The van der Waals surface area contributed by atoms with Gasteiger partial charge in [-0.1, -0.05) is 18.2 Å². The maximum absolute atomic E-state index is 12.8. The first-order valence-corrected chi connectivity index (χ1v) is 11.3. The molecule has 0 aromatic heterocycles. The van der Waals surface area contributed by atoms with E-state index in [0.717, 1.165) is 35.8 Å². The predicted octanol–water partition coefficient (Wildman–Crippen LogP) is 3.98. The molecule has 4 rings (SSSR count). The molecule has 1 heterocycles. The summed E-state index contributed by atoms with van der Waals surface area (Å²) in [4.78, 5) is 29.1. The highest BCUT2D eigenvalue weighted by Gasteiger charge is 2.22. The quantitative estimate of drug-likeness (QED) is 0.579. The van der Waals surface area contributed by atoms with Gasteiger partial charge < -0.3 is 24.6 Å². The van der Waals surface area contributed by atoms with Crippen molar-refractivity contribution >= 4 is 23.2 Å². The normalized spacial score (nSPS) is 13.4. The minimum atomic E-state index is -0.207. The van der Waals surface area contributed by atoms with Gasteiger partial charge in [-0.3, -0.25) is 9.59 Å². The van der Waals surface area contributed by atoms with Crippen LogP contribution in [-0.4, -0.2) is 56.6 Å². The Morgan fingerprint density at radius 1 is 0.882 bits per heavy atom. The number of benzene rings is 3. The number of hydrogen-bond acceptors (Lipinski definition) is 5. The molecule has 0 unspecified atom stereocenters. The van der Waals surface area contributed by atoms with Crippen LogP contribution >= 0.6 is 0 Å². The number of rotatable bonds is 7. The van der Waals surface area contributed by atoms with Crippen molar-refractivity contribution in [2.45, 2.75) is 6.92 Å². The second-order valence-corrected chi connectivity index (χ2v) is 8.16. The molecule has 0 aliphatic carbocycles. The van der Waals surface area contributed by atoms with Gasteiger partial charge >= 0.3 is 0 Å². The SMILES string of the molecule is COc1ccc(C(=O)N2CCN(c3ccc(NC(=O)COc4ccccc4C)cc3)CC2)cc1. The monoisotopic (exact) mass is 459 g/mol. The van der Waals surface area contributed by atoms with Crippen LogP contribution < -0.4 is 19.7 Å². The second-order valence-electron chi connectivity index (χ2n) is 8.16. The van der Waals surface area contributed by atoms with Crippen LogP contribution in [-0.2, 0) is 4.79 Å². The molecular weight excluding hydrogens is 430 g/mol. The van der Waals surface area contributed by atoms with Crippen molar-refractivity contribution in [2.75, 3.05) is 50.1 Å². The first kappa shape index (κ1) is 23.2. The fourth-order valence-electron chi connectivity index (χ4n) is 3.90. The van der Waals surface area contributed by atoms with Gasteiger partial charge in [-0.25, -0.2) is 0 Å². The van der Waals surface area contributed by atoms with Gasteiger partial charge in [-0.15, -0.1) is 0 Å². The Morgan fingerprint density at radius 3 is 2.21 bits per heavy atom. The molecule has 1 aliphatic rings. The first-order valence-electron chi connectivity index (χ1n) is 11.3. The van der Waals surface area contributed by atoms with Crippen molar-refractivity contribution < 1.29 is 19.1 Å². The third-order valence-electron chi connectivity index (χ3n) is 5.87. The molecule has 1 saturated heterocycles. The Bertz CT molecular complexity index is 1120. The van der Waals surface area contributed by atoms with Crippen LogP contribution in [0.2, 0.25) is 0 Å². The summed E-state index contributed by atoms with van der Waals surface area (Å²) in [7, 11) is 1.61. The summed E-state index contributed by atoms with van der Waals surface area (Å²) < 4.78 is 10.8. The highest BCUT2D eigenvalue weighted by molar-refractivity contribution is 5.94. The van der Waals surface area contributed by atoms with Crippen molar-refractivity contribution in [1.82, 2.24) is 4.90 Å². The van der Waals surface area contributed by atoms with Gasteiger partial charge in [0.05, 0.1) is 7.11 Å². The Hall–Kier alpha value is -4.00. The molecule has 0 saturated carbocycles. The Kier molecular flexibility index (Phi) is 7.32. The molecule has 34 heavy (non-hydrogen) atoms. The standard InChI is InChI=1S/C27H29N3O4/c1-20-5-3-4-6-25(20)34-19-26(31)28-22-9-11-23(12-10-22)29-15-17-30(18-16-29)27(32)21-7-13-24(33-2)14-8-21/h3-14H,15-19H2,1-2H3,(H,28,31). The largest absolute Gasteiger partial charge is 0.497 e. The second kappa shape index (κ2) is 10.7. The van der Waals surface area contributed by atoms with Crippen molar-refractivity contribution in [3.8, 4) is 11.5 Å². The van der Waals surface area contributed by atoms with E-state index in [2.05, 4.69) is 10.2 Å². The summed E-state index contributed by atoms with van der Waals surface area (Å²) >= 11 is 0. The summed E-state index contributed by atoms with van der Waals surface area (Å²) in [5.74, 6) is 1.27. The van der Waals surface area contributed by atoms with Crippen LogP contribution in [0.5, 0.6) is 11.5 Å². The Balaban J connectivity index is 1.26. The van der Waals surface area contributed by atoms with Gasteiger partial charge in [-0.05, 0) is 67.1 Å². The van der Waals surface area contributed by atoms with Crippen LogP contribution in [0.3, 0.4) is 0 Å². The zero-order chi connectivity index (χ0) is 23.9. The van der Waals surface area contributed by atoms with Gasteiger partial charge in [-0.2, -0.15) is 0 Å². The summed E-state index contributed by atoms with van der Waals surface area (Å²) in [6.45, 7) is 4.70. The van der Waals surface area contributed by atoms with Crippen LogP contribution in [0.15, 0.2) is 72.8 Å². The van der Waals surface area contributed by atoms with Crippen LogP contribution in [0.25, 0.3) is 0 Å². The van der Waals surface area contributed by atoms with E-state index in [1.165, 1.54) is 0 Å². The number of carbonyl (C=O) groups is 2. The van der Waals surface area contributed by atoms with Crippen LogP contribution in [0.4, 0.5) is 11.4 Å². The minimum Gasteiger partial charge on any atom is -0.497 e. The minimum absolute atomic E-state index is 0.0354. The average Bonchev–Trinajstić information content (AvgIpc) is 2.88. The summed E-state index contributed by atoms with van der Waals surface area (Å²) in [6.07, 6.45) is 0. The topological polar surface area (TPSA) is 71.1 Å². The number of nitrogens with one attached hydrogen (secondary N) is 1. The van der Waals surface area contributed by atoms with E-state index < -0.39 is 0 Å². The van der Waals surface area contributed by atoms with Crippen molar-refractivity contribution in [1.29, 1.82) is 0 Å². The van der Waals surface area contributed by atoms with E-state index in [9.17, 15) is 9.59 Å². The van der Waals surface area contributed by atoms with Crippen molar-refractivity contribution in [3.63, 3.8) is 0 Å². The van der Waals surface area contributed by atoms with E-state index in [-0.39, 0.29) is 18.4 Å². The Labute approximate surface area is 199 Å². The molecule has 7 heteroatoms. The molecule has 7 nitrogen and oxygen atoms in total. The van der Waals surface area contributed by atoms with Gasteiger partial charge in [0, 0.05) is 43.1 Å². The van der Waals surface area contributed by atoms with Gasteiger partial charge in [0.25, 0.3) is 11.8 Å². The number of amides is 2. The molecule has 1 fully saturated rings. The zero-order valence-corrected chi connectivity index (χ0v) is 19.5. The number of para-hydroxylation sites is 1. The molecule has 0 spiro atoms. The average molecular weight is 460 g/mol. The molecule has 3 aromatic rings. The maximum Gasteiger partial charge on any atom is 0.262 e. The number of piperazine rings is 1. The number of ether oxygens (including phenoxy) is 2. The maximum atomic E-state index is 12.8. The zero-order valence-electron chi connectivity index (χ0n) is 19.5. The predicted molar refractivity (Wildman–Crippen MR) is 133 cm³/mol. The van der Waals surface area contributed by atoms with Crippen LogP contribution in [0.1, 0.15) is 15.9 Å². The number of methoxy groups -OCH3 is 1. The third-order valence-corrected chi connectivity index (χ3v) is 5.87. The van der Waals surface area contributed by atoms with Gasteiger partial charge in [0.2, 0.25) is 0 Å². The van der Waals surface area contributed by atoms with E-state index in [4.69, 9.17) is 9.47 Å². The fourth-order valence-corrected chi connectivity index (χ4v) is 3.90. The number of hydrogen-bond donors (Lipinski definition) is 1. The number of anilines is 2. The number of nitrogens with zero attached hydrogens (tertiary/aromatic N) is 2. The lowest BCUT2D eigenvalue weighted by Gasteiger charge is -2.36. The number of aryl methyl sites for hydroxylation is 1. The fraction of sp³-hybridized carbons (Fsp3) is 0.259. The summed E-state index contributed by atoms with van der Waals surface area (Å²) in [5.41, 5.74) is 3.44. The molecule has 0 atom stereocenters. The van der Waals surface area contributed by atoms with Crippen molar-refractivity contribution in [2.24, 2.45) is 0 Å². The molecule has 0 bridgehead atoms. The van der Waals surface area contributed by atoms with Gasteiger partial charge in [0.1, 0.15) is 11.5 Å². The number of carbonyl (C=O) groups excluding carboxylic acids is 2. The highest BCUT2D eigenvalue weighted by atomic mass is 16.5. The van der Waals surface area contributed by atoms with Crippen LogP contribution in [0, 0.1) is 6.92 Å². The van der Waals surface area contributed by atoms with Crippen molar-refractivity contribution in [3.05, 3.63) is 83.9 Å². The molecule has 2 amide bonds. The molecule has 1 aliphatic heterocycles. The van der Waals surface area contributed by atoms with E-state index >= 15 is 0 Å². The lowest BCUT2D eigenvalue weighted by atomic mass is 10.1. The van der Waals surface area contributed by atoms with E-state index in [1.807, 2.05) is 60.4 Å². The highest BCUT2D eigenvalue weighted by Crippen LogP contribution is 2.21. The van der Waals surface area contributed by atoms with E-state index in [0.29, 0.717) is 24.4 Å². The molecule has 1 N–H and O–H groups in total. The van der Waals surface area contributed by atoms with Gasteiger partial charge in [0.15, 0.2) is 6.61 Å². The lowest BCUT2D eigenvalue weighted by Crippen LogP contribution is -2.48. The third kappa shape index (κ3) is 5.67. The summed E-state index contributed by atoms with van der Waals surface area (Å²) in [5, 5.41) is 2.87.